The van der Waals surface area contributed by atoms with Crippen molar-refractivity contribution in [3.8, 4) is 5.75 Å². The van der Waals surface area contributed by atoms with Crippen molar-refractivity contribution in [3.05, 3.63) is 54.1 Å². The first-order valence-electron chi connectivity index (χ1n) is 9.72. The molecule has 1 aliphatic rings. The van der Waals surface area contributed by atoms with Gasteiger partial charge in [0.15, 0.2) is 0 Å². The van der Waals surface area contributed by atoms with Crippen molar-refractivity contribution in [2.24, 2.45) is 0 Å². The van der Waals surface area contributed by atoms with Crippen molar-refractivity contribution >= 4 is 23.2 Å². The molecule has 154 valence electrons. The highest BCUT2D eigenvalue weighted by Gasteiger charge is 2.17. The van der Waals surface area contributed by atoms with Gasteiger partial charge in [0.25, 0.3) is 5.91 Å². The molecule has 1 heterocycles. The molecule has 7 heteroatoms. The lowest BCUT2D eigenvalue weighted by molar-refractivity contribution is -0.114. The van der Waals surface area contributed by atoms with E-state index in [4.69, 9.17) is 9.47 Å². The average molecular weight is 397 g/mol. The fraction of sp³-hybridized carbons (Fsp3) is 0.364. The minimum absolute atomic E-state index is 0.0691. The van der Waals surface area contributed by atoms with Crippen LogP contribution in [0.2, 0.25) is 0 Å². The largest absolute Gasteiger partial charge is 0.489 e. The van der Waals surface area contributed by atoms with Crippen molar-refractivity contribution in [2.75, 3.05) is 44.5 Å². The lowest BCUT2D eigenvalue weighted by Crippen LogP contribution is -2.23. The van der Waals surface area contributed by atoms with Crippen LogP contribution in [0, 0.1) is 0 Å². The minimum atomic E-state index is -0.206. The number of amides is 2. The summed E-state index contributed by atoms with van der Waals surface area (Å²) in [6, 6.07) is 14.4. The number of nitrogens with zero attached hydrogens (tertiary/aromatic N) is 1. The first kappa shape index (κ1) is 20.7. The van der Waals surface area contributed by atoms with Gasteiger partial charge in [0.05, 0.1) is 18.3 Å². The molecule has 3 rings (SSSR count). The van der Waals surface area contributed by atoms with Gasteiger partial charge in [-0.25, -0.2) is 0 Å². The van der Waals surface area contributed by atoms with Crippen molar-refractivity contribution in [3.63, 3.8) is 0 Å². The fourth-order valence-corrected chi connectivity index (χ4v) is 3.05. The number of benzene rings is 2. The van der Waals surface area contributed by atoms with Gasteiger partial charge >= 0.3 is 0 Å². The molecule has 2 amide bonds. The second kappa shape index (κ2) is 9.93. The maximum Gasteiger partial charge on any atom is 0.253 e. The molecule has 0 spiro atoms. The van der Waals surface area contributed by atoms with Crippen LogP contribution in [0.1, 0.15) is 23.2 Å². The number of carbonyl (C=O) groups excluding carboxylic acids is 2. The van der Waals surface area contributed by atoms with Gasteiger partial charge in [-0.1, -0.05) is 18.2 Å². The highest BCUT2D eigenvalue weighted by atomic mass is 16.5. The highest BCUT2D eigenvalue weighted by molar-refractivity contribution is 5.96. The highest BCUT2D eigenvalue weighted by Crippen LogP contribution is 2.25. The summed E-state index contributed by atoms with van der Waals surface area (Å²) in [4.78, 5) is 26.0. The lowest BCUT2D eigenvalue weighted by atomic mass is 10.2. The Morgan fingerprint density at radius 3 is 2.76 bits per heavy atom. The third kappa shape index (κ3) is 5.96. The molecule has 0 bridgehead atoms. The van der Waals surface area contributed by atoms with Crippen LogP contribution in [0.25, 0.3) is 0 Å². The Hall–Kier alpha value is -3.06. The van der Waals surface area contributed by atoms with Crippen LogP contribution in [0.15, 0.2) is 48.5 Å². The van der Waals surface area contributed by atoms with Gasteiger partial charge in [-0.05, 0) is 43.2 Å². The number of nitrogens with one attached hydrogen (secondary N) is 2. The van der Waals surface area contributed by atoms with E-state index >= 15 is 0 Å². The Morgan fingerprint density at radius 1 is 1.17 bits per heavy atom. The molecule has 1 aliphatic heterocycles. The molecule has 1 unspecified atom stereocenters. The molecule has 0 aliphatic carbocycles. The van der Waals surface area contributed by atoms with Gasteiger partial charge < -0.3 is 25.0 Å². The minimum Gasteiger partial charge on any atom is -0.489 e. The van der Waals surface area contributed by atoms with Crippen molar-refractivity contribution in [1.29, 1.82) is 0 Å². The topological polar surface area (TPSA) is 79.9 Å². The van der Waals surface area contributed by atoms with E-state index < -0.39 is 0 Å². The molecule has 0 radical (unpaired) electrons. The summed E-state index contributed by atoms with van der Waals surface area (Å²) in [6.07, 6.45) is 2.16. The van der Waals surface area contributed by atoms with Gasteiger partial charge in [0.1, 0.15) is 12.4 Å². The number of rotatable bonds is 8. The van der Waals surface area contributed by atoms with Gasteiger partial charge in [-0.2, -0.15) is 0 Å². The SMILES string of the molecule is CN(C)C(=O)c1cccc(NCC(=O)Nc2ccccc2OCC2CCCO2)c1. The van der Waals surface area contributed by atoms with Crippen LogP contribution in [0.4, 0.5) is 11.4 Å². The van der Waals surface area contributed by atoms with Gasteiger partial charge in [-0.3, -0.25) is 9.59 Å². The maximum absolute atomic E-state index is 12.4. The molecule has 1 atom stereocenters. The van der Waals surface area contributed by atoms with E-state index in [-0.39, 0.29) is 24.5 Å². The molecule has 0 saturated carbocycles. The van der Waals surface area contributed by atoms with E-state index in [2.05, 4.69) is 10.6 Å². The summed E-state index contributed by atoms with van der Waals surface area (Å²) in [7, 11) is 3.41. The lowest BCUT2D eigenvalue weighted by Gasteiger charge is -2.15. The number of ether oxygens (including phenoxy) is 2. The van der Waals surface area contributed by atoms with E-state index in [9.17, 15) is 9.59 Å². The van der Waals surface area contributed by atoms with Crippen molar-refractivity contribution in [1.82, 2.24) is 4.90 Å². The molecule has 1 saturated heterocycles. The predicted molar refractivity (Wildman–Crippen MR) is 112 cm³/mol. The van der Waals surface area contributed by atoms with Crippen LogP contribution in [0.5, 0.6) is 5.75 Å². The quantitative estimate of drug-likeness (QED) is 0.716. The van der Waals surface area contributed by atoms with E-state index in [1.54, 1.807) is 38.4 Å². The Kier molecular flexibility index (Phi) is 7.08. The Labute approximate surface area is 171 Å². The zero-order valence-corrected chi connectivity index (χ0v) is 16.8. The molecule has 0 aromatic heterocycles. The Balaban J connectivity index is 1.54. The van der Waals surface area contributed by atoms with Crippen LogP contribution < -0.4 is 15.4 Å². The Bertz CT molecular complexity index is 847. The van der Waals surface area contributed by atoms with Crippen molar-refractivity contribution in [2.45, 2.75) is 18.9 Å². The van der Waals surface area contributed by atoms with Crippen molar-refractivity contribution < 1.29 is 19.1 Å². The third-order valence-corrected chi connectivity index (χ3v) is 4.58. The summed E-state index contributed by atoms with van der Waals surface area (Å²) in [6.45, 7) is 1.32. The van der Waals surface area contributed by atoms with E-state index in [0.29, 0.717) is 29.3 Å². The molecule has 2 aromatic carbocycles. The normalized spacial score (nSPS) is 15.6. The monoisotopic (exact) mass is 397 g/mol. The summed E-state index contributed by atoms with van der Waals surface area (Å²) in [5.41, 5.74) is 1.89. The third-order valence-electron chi connectivity index (χ3n) is 4.58. The van der Waals surface area contributed by atoms with Crippen LogP contribution >= 0.6 is 0 Å². The van der Waals surface area contributed by atoms with Crippen LogP contribution in [-0.4, -0.2) is 56.7 Å². The molecule has 2 aromatic rings. The summed E-state index contributed by atoms with van der Waals surface area (Å²) >= 11 is 0. The molecule has 7 nitrogen and oxygen atoms in total. The van der Waals surface area contributed by atoms with Crippen LogP contribution in [-0.2, 0) is 9.53 Å². The maximum atomic E-state index is 12.4. The number of carbonyl (C=O) groups is 2. The summed E-state index contributed by atoms with van der Waals surface area (Å²) in [5.74, 6) is 0.327. The molecule has 2 N–H and O–H groups in total. The van der Waals surface area contributed by atoms with Gasteiger partial charge in [-0.15, -0.1) is 0 Å². The summed E-state index contributed by atoms with van der Waals surface area (Å²) in [5, 5.41) is 5.92. The second-order valence-electron chi connectivity index (χ2n) is 7.12. The number of hydrogen-bond acceptors (Lipinski definition) is 5. The van der Waals surface area contributed by atoms with E-state index in [1.807, 2.05) is 24.3 Å². The zero-order chi connectivity index (χ0) is 20.6. The fourth-order valence-electron chi connectivity index (χ4n) is 3.05. The first-order chi connectivity index (χ1) is 14.0. The number of anilines is 2. The molecular weight excluding hydrogens is 370 g/mol. The number of para-hydroxylation sites is 2. The zero-order valence-electron chi connectivity index (χ0n) is 16.8. The first-order valence-corrected chi connectivity index (χ1v) is 9.72. The summed E-state index contributed by atoms with van der Waals surface area (Å²) < 4.78 is 11.4. The smallest absolute Gasteiger partial charge is 0.253 e. The van der Waals surface area contributed by atoms with Crippen LogP contribution in [0.3, 0.4) is 0 Å². The standard InChI is InChI=1S/C22H27N3O4/c1-25(2)22(27)16-7-5-8-17(13-16)23-14-21(26)24-19-10-3-4-11-20(19)29-15-18-9-6-12-28-18/h3-5,7-8,10-11,13,18,23H,6,9,12,14-15H2,1-2H3,(H,24,26). The van der Waals surface area contributed by atoms with E-state index in [1.165, 1.54) is 4.90 Å². The molecule has 1 fully saturated rings. The molecular formula is C22H27N3O4. The van der Waals surface area contributed by atoms with E-state index in [0.717, 1.165) is 19.4 Å². The van der Waals surface area contributed by atoms with Gasteiger partial charge in [0, 0.05) is 32.0 Å². The Morgan fingerprint density at radius 2 is 2.00 bits per heavy atom. The average Bonchev–Trinajstić information content (AvgIpc) is 3.25. The predicted octanol–water partition coefficient (Wildman–Crippen LogP) is 3.00. The molecule has 29 heavy (non-hydrogen) atoms. The van der Waals surface area contributed by atoms with Gasteiger partial charge in [0.2, 0.25) is 5.91 Å². The number of hydrogen-bond donors (Lipinski definition) is 2. The second-order valence-corrected chi connectivity index (χ2v) is 7.12.